The summed E-state index contributed by atoms with van der Waals surface area (Å²) in [5.41, 5.74) is 2.46. The van der Waals surface area contributed by atoms with Crippen molar-refractivity contribution in [2.75, 3.05) is 20.1 Å². The molecule has 1 atom stereocenters. The minimum absolute atomic E-state index is 0.0233. The van der Waals surface area contributed by atoms with E-state index in [1.54, 1.807) is 7.05 Å². The van der Waals surface area contributed by atoms with Gasteiger partial charge in [-0.15, -0.1) is 0 Å². The van der Waals surface area contributed by atoms with Crippen molar-refractivity contribution in [2.45, 2.75) is 32.9 Å². The number of guanidine groups is 1. The maximum atomic E-state index is 5.97. The summed E-state index contributed by atoms with van der Waals surface area (Å²) in [6.07, 6.45) is 4.72. The fraction of sp³-hybridized carbons (Fsp3) is 0.333. The van der Waals surface area contributed by atoms with Crippen molar-refractivity contribution in [1.82, 2.24) is 20.2 Å². The Morgan fingerprint density at radius 2 is 1.97 bits per heavy atom. The summed E-state index contributed by atoms with van der Waals surface area (Å²) in [5, 5.41) is 6.68. The molecule has 0 radical (unpaired) electrons. The molecule has 3 rings (SSSR count). The van der Waals surface area contributed by atoms with Gasteiger partial charge >= 0.3 is 0 Å². The van der Waals surface area contributed by atoms with E-state index in [0.717, 1.165) is 37.0 Å². The van der Waals surface area contributed by atoms with Gasteiger partial charge in [-0.05, 0) is 37.1 Å². The highest BCUT2D eigenvalue weighted by molar-refractivity contribution is 5.79. The third-order valence-electron chi connectivity index (χ3n) is 4.75. The molecule has 0 aliphatic rings. The molecule has 2 aromatic carbocycles. The van der Waals surface area contributed by atoms with Crippen molar-refractivity contribution in [2.24, 2.45) is 4.99 Å². The van der Waals surface area contributed by atoms with Gasteiger partial charge in [0, 0.05) is 39.0 Å². The van der Waals surface area contributed by atoms with Crippen LogP contribution in [-0.2, 0) is 13.0 Å². The SMILES string of the molecule is CN=C(NCCc1nccn1Cc1ccccc1)NCC(C)Oc1cccc(C)c1. The molecule has 0 fully saturated rings. The number of nitrogens with zero attached hydrogens (tertiary/aromatic N) is 3. The molecule has 0 bridgehead atoms. The van der Waals surface area contributed by atoms with Gasteiger partial charge in [0.15, 0.2) is 5.96 Å². The van der Waals surface area contributed by atoms with Crippen molar-refractivity contribution in [3.05, 3.63) is 83.9 Å². The largest absolute Gasteiger partial charge is 0.489 e. The molecular formula is C24H31N5O. The van der Waals surface area contributed by atoms with Crippen LogP contribution in [0.3, 0.4) is 0 Å². The van der Waals surface area contributed by atoms with Gasteiger partial charge in [0.25, 0.3) is 0 Å². The lowest BCUT2D eigenvalue weighted by Gasteiger charge is -2.18. The van der Waals surface area contributed by atoms with Crippen LogP contribution in [-0.4, -0.2) is 41.8 Å². The Morgan fingerprint density at radius 1 is 1.13 bits per heavy atom. The van der Waals surface area contributed by atoms with Gasteiger partial charge in [0.05, 0.1) is 6.54 Å². The van der Waals surface area contributed by atoms with E-state index in [9.17, 15) is 0 Å². The Balaban J connectivity index is 1.42. The molecule has 30 heavy (non-hydrogen) atoms. The van der Waals surface area contributed by atoms with Crippen molar-refractivity contribution >= 4 is 5.96 Å². The summed E-state index contributed by atoms with van der Waals surface area (Å²) in [6.45, 7) is 6.35. The average Bonchev–Trinajstić information content (AvgIpc) is 3.18. The van der Waals surface area contributed by atoms with Gasteiger partial charge in [-0.1, -0.05) is 42.5 Å². The topological polar surface area (TPSA) is 63.5 Å². The van der Waals surface area contributed by atoms with Crippen LogP contribution in [0.25, 0.3) is 0 Å². The Labute approximate surface area is 179 Å². The predicted octanol–water partition coefficient (Wildman–Crippen LogP) is 3.41. The van der Waals surface area contributed by atoms with Crippen molar-refractivity contribution in [3.63, 3.8) is 0 Å². The number of aryl methyl sites for hydroxylation is 1. The second-order valence-electron chi connectivity index (χ2n) is 7.33. The Hall–Kier alpha value is -3.28. The Bertz CT molecular complexity index is 936. The minimum Gasteiger partial charge on any atom is -0.489 e. The normalized spacial score (nSPS) is 12.4. The van der Waals surface area contributed by atoms with Gasteiger partial charge < -0.3 is 19.9 Å². The zero-order chi connectivity index (χ0) is 21.2. The lowest BCUT2D eigenvalue weighted by molar-refractivity contribution is 0.223. The van der Waals surface area contributed by atoms with Gasteiger partial charge in [-0.3, -0.25) is 4.99 Å². The number of aliphatic imine (C=N–C) groups is 1. The Morgan fingerprint density at radius 3 is 2.73 bits per heavy atom. The van der Waals surface area contributed by atoms with Gasteiger partial charge in [0.2, 0.25) is 0 Å². The Kier molecular flexibility index (Phi) is 7.89. The third-order valence-corrected chi connectivity index (χ3v) is 4.75. The quantitative estimate of drug-likeness (QED) is 0.423. The molecule has 3 aromatic rings. The molecule has 0 spiro atoms. The van der Waals surface area contributed by atoms with Crippen LogP contribution in [0.4, 0.5) is 0 Å². The lowest BCUT2D eigenvalue weighted by atomic mass is 10.2. The number of ether oxygens (including phenoxy) is 1. The second-order valence-corrected chi connectivity index (χ2v) is 7.33. The van der Waals surface area contributed by atoms with Gasteiger partial charge in [0.1, 0.15) is 17.7 Å². The van der Waals surface area contributed by atoms with E-state index in [1.165, 1.54) is 11.1 Å². The second kappa shape index (κ2) is 11.0. The minimum atomic E-state index is 0.0233. The van der Waals surface area contributed by atoms with E-state index in [2.05, 4.69) is 62.4 Å². The highest BCUT2D eigenvalue weighted by atomic mass is 16.5. The zero-order valence-corrected chi connectivity index (χ0v) is 18.0. The summed E-state index contributed by atoms with van der Waals surface area (Å²) in [4.78, 5) is 8.81. The van der Waals surface area contributed by atoms with Crippen molar-refractivity contribution < 1.29 is 4.74 Å². The van der Waals surface area contributed by atoms with E-state index < -0.39 is 0 Å². The fourth-order valence-electron chi connectivity index (χ4n) is 3.21. The maximum Gasteiger partial charge on any atom is 0.191 e. The number of hydrogen-bond acceptors (Lipinski definition) is 3. The van der Waals surface area contributed by atoms with Crippen LogP contribution in [0.5, 0.6) is 5.75 Å². The molecule has 1 heterocycles. The molecule has 158 valence electrons. The number of hydrogen-bond donors (Lipinski definition) is 2. The summed E-state index contributed by atoms with van der Waals surface area (Å²) >= 11 is 0. The molecule has 2 N–H and O–H groups in total. The number of aromatic nitrogens is 2. The predicted molar refractivity (Wildman–Crippen MR) is 122 cm³/mol. The van der Waals surface area contributed by atoms with E-state index in [4.69, 9.17) is 4.74 Å². The molecule has 0 saturated heterocycles. The number of nitrogens with one attached hydrogen (secondary N) is 2. The summed E-state index contributed by atoms with van der Waals surface area (Å²) in [5.74, 6) is 2.70. The standard InChI is InChI=1S/C24H31N5O/c1-19-8-7-11-22(16-19)30-20(2)17-28-24(25-3)27-13-12-23-26-14-15-29(23)18-21-9-5-4-6-10-21/h4-11,14-16,20H,12-13,17-18H2,1-3H3,(H2,25,27,28). The number of rotatable bonds is 9. The van der Waals surface area contributed by atoms with E-state index >= 15 is 0 Å². The van der Waals surface area contributed by atoms with Crippen LogP contribution >= 0.6 is 0 Å². The first-order valence-electron chi connectivity index (χ1n) is 10.4. The lowest BCUT2D eigenvalue weighted by Crippen LogP contribution is -2.42. The molecular weight excluding hydrogens is 374 g/mol. The van der Waals surface area contributed by atoms with Gasteiger partial charge in [-0.25, -0.2) is 4.98 Å². The summed E-state index contributed by atoms with van der Waals surface area (Å²) in [7, 11) is 1.78. The van der Waals surface area contributed by atoms with Crippen LogP contribution in [0, 0.1) is 6.92 Å². The van der Waals surface area contributed by atoms with Crippen LogP contribution in [0.15, 0.2) is 72.0 Å². The first-order chi connectivity index (χ1) is 14.6. The fourth-order valence-corrected chi connectivity index (χ4v) is 3.21. The van der Waals surface area contributed by atoms with E-state index in [-0.39, 0.29) is 6.10 Å². The number of benzene rings is 2. The summed E-state index contributed by atoms with van der Waals surface area (Å²) < 4.78 is 8.15. The van der Waals surface area contributed by atoms with Crippen molar-refractivity contribution in [3.8, 4) is 5.75 Å². The average molecular weight is 406 g/mol. The van der Waals surface area contributed by atoms with Gasteiger partial charge in [-0.2, -0.15) is 0 Å². The van der Waals surface area contributed by atoms with Crippen LogP contribution in [0.1, 0.15) is 23.9 Å². The van der Waals surface area contributed by atoms with Crippen LogP contribution < -0.4 is 15.4 Å². The first-order valence-corrected chi connectivity index (χ1v) is 10.4. The monoisotopic (exact) mass is 405 g/mol. The highest BCUT2D eigenvalue weighted by Crippen LogP contribution is 2.13. The molecule has 6 nitrogen and oxygen atoms in total. The van der Waals surface area contributed by atoms with E-state index in [0.29, 0.717) is 6.54 Å². The highest BCUT2D eigenvalue weighted by Gasteiger charge is 2.07. The third kappa shape index (κ3) is 6.65. The molecule has 6 heteroatoms. The maximum absolute atomic E-state index is 5.97. The molecule has 1 aromatic heterocycles. The zero-order valence-electron chi connectivity index (χ0n) is 18.0. The summed E-state index contributed by atoms with van der Waals surface area (Å²) in [6, 6.07) is 18.5. The first kappa shape index (κ1) is 21.4. The van der Waals surface area contributed by atoms with Crippen LogP contribution in [0.2, 0.25) is 0 Å². The molecule has 0 saturated carbocycles. The molecule has 1 unspecified atom stereocenters. The molecule has 0 amide bonds. The molecule has 0 aliphatic carbocycles. The smallest absolute Gasteiger partial charge is 0.191 e. The molecule has 0 aliphatic heterocycles. The van der Waals surface area contributed by atoms with Crippen molar-refractivity contribution in [1.29, 1.82) is 0 Å². The van der Waals surface area contributed by atoms with E-state index in [1.807, 2.05) is 43.6 Å². The number of imidazole rings is 1.